The van der Waals surface area contributed by atoms with Crippen LogP contribution in [-0.4, -0.2) is 64.9 Å². The fraction of sp³-hybridized carbons (Fsp3) is 0.881. The highest BCUT2D eigenvalue weighted by Crippen LogP contribution is 2.65. The van der Waals surface area contributed by atoms with Crippen molar-refractivity contribution in [1.82, 2.24) is 4.90 Å². The number of sulfone groups is 1. The zero-order valence-electron chi connectivity index (χ0n) is 32.6. The second-order valence-corrected chi connectivity index (χ2v) is 22.1. The van der Waals surface area contributed by atoms with Crippen molar-refractivity contribution in [3.63, 3.8) is 0 Å². The molecule has 5 aliphatic rings. The van der Waals surface area contributed by atoms with Crippen LogP contribution in [0.25, 0.3) is 0 Å². The van der Waals surface area contributed by atoms with Gasteiger partial charge in [-0.3, -0.25) is 24.0 Å². The molecular weight excluding hydrogens is 663 g/mol. The van der Waals surface area contributed by atoms with E-state index >= 15 is 0 Å². The first kappa shape index (κ1) is 40.3. The lowest BCUT2D eigenvalue weighted by atomic mass is 9.68. The minimum atomic E-state index is -3.52. The fourth-order valence-corrected chi connectivity index (χ4v) is 12.3. The molecule has 9 heteroatoms. The SMILES string of the molecule is C[C@H](C1(CC(=O)C[C@H]2CCCCCCCCC[C@@H](C(=O)C(=O)CC3CC3)CC(=O)[C@@H]3[C@@H]4[C@H](CN3C2=O)C4(C)C)CCCCC1)S(=O)(=O)C(C)(C)C. The number of piperidine rings is 1. The summed E-state index contributed by atoms with van der Waals surface area (Å²) in [6, 6.07) is -0.640. The van der Waals surface area contributed by atoms with Gasteiger partial charge in [-0.25, -0.2) is 8.42 Å². The molecule has 0 N–H and O–H groups in total. The van der Waals surface area contributed by atoms with E-state index in [9.17, 15) is 32.4 Å². The molecule has 3 aliphatic carbocycles. The smallest absolute Gasteiger partial charge is 0.226 e. The van der Waals surface area contributed by atoms with Gasteiger partial charge in [-0.2, -0.15) is 0 Å². The van der Waals surface area contributed by atoms with Crippen LogP contribution >= 0.6 is 0 Å². The molecule has 1 amide bonds. The van der Waals surface area contributed by atoms with E-state index in [1.54, 1.807) is 32.6 Å². The van der Waals surface area contributed by atoms with E-state index < -0.39 is 48.9 Å². The van der Waals surface area contributed by atoms with Crippen LogP contribution in [0.2, 0.25) is 0 Å². The number of Topliss-reactive ketones (excluding diaryl/α,β-unsaturated/α-hetero) is 4. The van der Waals surface area contributed by atoms with Gasteiger partial charge >= 0.3 is 0 Å². The van der Waals surface area contributed by atoms with Gasteiger partial charge in [-0.1, -0.05) is 78.1 Å². The van der Waals surface area contributed by atoms with Gasteiger partial charge in [-0.05, 0) is 94.8 Å². The number of fused-ring (bicyclic) bond motifs is 3. The fourth-order valence-electron chi connectivity index (χ4n) is 10.3. The highest BCUT2D eigenvalue weighted by molar-refractivity contribution is 7.93. The van der Waals surface area contributed by atoms with Crippen LogP contribution in [0, 0.1) is 40.4 Å². The number of carbonyl (C=O) groups excluding carboxylic acids is 5. The Hall–Kier alpha value is -1.90. The second-order valence-electron chi connectivity index (χ2n) is 19.1. The van der Waals surface area contributed by atoms with E-state index in [0.717, 1.165) is 77.0 Å². The maximum absolute atomic E-state index is 14.6. The molecule has 2 heterocycles. The molecule has 5 rings (SSSR count). The Morgan fingerprint density at radius 3 is 1.98 bits per heavy atom. The molecule has 3 saturated carbocycles. The van der Waals surface area contributed by atoms with Crippen molar-refractivity contribution in [1.29, 1.82) is 0 Å². The first-order chi connectivity index (χ1) is 23.9. The number of amides is 1. The first-order valence-corrected chi connectivity index (χ1v) is 22.1. The molecule has 0 aromatic heterocycles. The molecule has 2 saturated heterocycles. The van der Waals surface area contributed by atoms with Crippen molar-refractivity contribution in [2.24, 2.45) is 40.4 Å². The monoisotopic (exact) mass is 729 g/mol. The normalized spacial score (nSPS) is 31.3. The molecular formula is C42H67NO7S. The van der Waals surface area contributed by atoms with Crippen LogP contribution < -0.4 is 0 Å². The zero-order valence-corrected chi connectivity index (χ0v) is 33.4. The van der Waals surface area contributed by atoms with Gasteiger partial charge in [0.15, 0.2) is 21.4 Å². The minimum absolute atomic E-state index is 0.00472. The molecule has 0 aromatic carbocycles. The summed E-state index contributed by atoms with van der Waals surface area (Å²) >= 11 is 0. The Bertz CT molecular complexity index is 1430. The lowest BCUT2D eigenvalue weighted by Gasteiger charge is -2.44. The molecule has 8 nitrogen and oxygen atoms in total. The topological polar surface area (TPSA) is 123 Å². The highest BCUT2D eigenvalue weighted by atomic mass is 32.2. The third-order valence-corrected chi connectivity index (χ3v) is 17.2. The molecule has 0 bridgehead atoms. The Balaban J connectivity index is 1.38. The molecule has 0 unspecified atom stereocenters. The van der Waals surface area contributed by atoms with Gasteiger partial charge in [0.05, 0.1) is 16.0 Å². The Labute approximate surface area is 308 Å². The average Bonchev–Trinajstić information content (AvgIpc) is 3.92. The summed E-state index contributed by atoms with van der Waals surface area (Å²) in [6.45, 7) is 11.8. The lowest BCUT2D eigenvalue weighted by molar-refractivity contribution is -0.146. The number of hydrogen-bond acceptors (Lipinski definition) is 7. The zero-order chi connectivity index (χ0) is 37.4. The lowest BCUT2D eigenvalue weighted by Crippen LogP contribution is -2.49. The average molecular weight is 730 g/mol. The Morgan fingerprint density at radius 1 is 0.824 bits per heavy atom. The minimum Gasteiger partial charge on any atom is -0.332 e. The standard InChI is InChI=1S/C42H67NO7S/c1-28(51(49,50)40(2,3)4)42(21-15-12-16-22-42)26-32(44)24-31-18-14-11-9-7-8-10-13-17-30(38(47)35(46)23-29-19-20-29)25-34(45)37-36-33(41(36,5)6)27-43(37)39(31)48/h28-31,33,36-37H,7-27H2,1-6H3/t28-,30-,31-,33+,36+,37-/m1/s1. The van der Waals surface area contributed by atoms with Crippen LogP contribution in [0.1, 0.15) is 170 Å². The first-order valence-electron chi connectivity index (χ1n) is 20.6. The van der Waals surface area contributed by atoms with Crippen LogP contribution in [0.15, 0.2) is 0 Å². The predicted molar refractivity (Wildman–Crippen MR) is 200 cm³/mol. The molecule has 0 aromatic rings. The predicted octanol–water partition coefficient (Wildman–Crippen LogP) is 8.03. The third-order valence-electron chi connectivity index (χ3n) is 14.1. The highest BCUT2D eigenvalue weighted by Gasteiger charge is 2.69. The van der Waals surface area contributed by atoms with Crippen LogP contribution in [-0.2, 0) is 33.8 Å². The number of rotatable bonds is 10. The van der Waals surface area contributed by atoms with E-state index in [4.69, 9.17) is 0 Å². The molecule has 5 fully saturated rings. The van der Waals surface area contributed by atoms with Crippen molar-refractivity contribution < 1.29 is 32.4 Å². The summed E-state index contributed by atoms with van der Waals surface area (Å²) in [7, 11) is -3.52. The van der Waals surface area contributed by atoms with Crippen molar-refractivity contribution in [3.8, 4) is 0 Å². The van der Waals surface area contributed by atoms with Gasteiger partial charge in [0.1, 0.15) is 5.78 Å². The summed E-state index contributed by atoms with van der Waals surface area (Å²) in [4.78, 5) is 71.4. The quantitative estimate of drug-likeness (QED) is 0.209. The van der Waals surface area contributed by atoms with Crippen molar-refractivity contribution in [3.05, 3.63) is 0 Å². The van der Waals surface area contributed by atoms with Gasteiger partial charge in [0.2, 0.25) is 11.7 Å². The van der Waals surface area contributed by atoms with E-state index in [-0.39, 0.29) is 66.2 Å². The van der Waals surface area contributed by atoms with Crippen LogP contribution in [0.3, 0.4) is 0 Å². The van der Waals surface area contributed by atoms with E-state index in [0.29, 0.717) is 38.1 Å². The molecule has 51 heavy (non-hydrogen) atoms. The van der Waals surface area contributed by atoms with Gasteiger partial charge in [0.25, 0.3) is 0 Å². The maximum atomic E-state index is 14.6. The second kappa shape index (κ2) is 15.8. The summed E-state index contributed by atoms with van der Waals surface area (Å²) in [5.74, 6) is -1.74. The summed E-state index contributed by atoms with van der Waals surface area (Å²) in [5.41, 5.74) is -0.730. The molecule has 0 radical (unpaired) electrons. The van der Waals surface area contributed by atoms with Gasteiger partial charge in [-0.15, -0.1) is 0 Å². The van der Waals surface area contributed by atoms with Crippen molar-refractivity contribution >= 4 is 38.9 Å². The Morgan fingerprint density at radius 2 is 1.39 bits per heavy atom. The van der Waals surface area contributed by atoms with Gasteiger partial charge < -0.3 is 4.90 Å². The van der Waals surface area contributed by atoms with Crippen molar-refractivity contribution in [2.45, 2.75) is 186 Å². The number of carbonyl (C=O) groups is 5. The van der Waals surface area contributed by atoms with Crippen LogP contribution in [0.5, 0.6) is 0 Å². The maximum Gasteiger partial charge on any atom is 0.226 e. The van der Waals surface area contributed by atoms with Gasteiger partial charge in [0, 0.05) is 44.1 Å². The van der Waals surface area contributed by atoms with E-state index in [1.807, 2.05) is 0 Å². The van der Waals surface area contributed by atoms with Crippen molar-refractivity contribution in [2.75, 3.05) is 6.54 Å². The summed E-state index contributed by atoms with van der Waals surface area (Å²) in [5, 5.41) is -0.663. The van der Waals surface area contributed by atoms with E-state index in [2.05, 4.69) is 13.8 Å². The molecule has 6 atom stereocenters. The number of hydrogen-bond donors (Lipinski definition) is 0. The van der Waals surface area contributed by atoms with Crippen LogP contribution in [0.4, 0.5) is 0 Å². The summed E-state index contributed by atoms with van der Waals surface area (Å²) in [6.07, 6.45) is 14.4. The molecule has 0 spiro atoms. The number of nitrogens with zero attached hydrogens (tertiary/aromatic N) is 1. The summed E-state index contributed by atoms with van der Waals surface area (Å²) < 4.78 is 26.6. The molecule has 2 aliphatic heterocycles. The Kier molecular flexibility index (Phi) is 12.5. The molecule has 288 valence electrons. The van der Waals surface area contributed by atoms with E-state index in [1.165, 1.54) is 0 Å². The third kappa shape index (κ3) is 8.91. The largest absolute Gasteiger partial charge is 0.332 e. The number of ketones is 4.